The maximum absolute atomic E-state index is 9.00. The number of anilines is 1. The number of rotatable bonds is 3. The van der Waals surface area contributed by atoms with Gasteiger partial charge >= 0.3 is 0 Å². The third kappa shape index (κ3) is 2.67. The Labute approximate surface area is 108 Å². The molecular formula is C14H18N2O2. The van der Waals surface area contributed by atoms with Crippen molar-refractivity contribution in [2.75, 3.05) is 25.1 Å². The van der Waals surface area contributed by atoms with Crippen LogP contribution < -0.4 is 14.8 Å². The van der Waals surface area contributed by atoms with Crippen LogP contribution in [0, 0.1) is 23.7 Å². The van der Waals surface area contributed by atoms with E-state index in [0.29, 0.717) is 19.8 Å². The molecular weight excluding hydrogens is 228 g/mol. The van der Waals surface area contributed by atoms with Gasteiger partial charge in [0.2, 0.25) is 0 Å². The predicted octanol–water partition coefficient (Wildman–Crippen LogP) is 2.73. The van der Waals surface area contributed by atoms with Gasteiger partial charge in [-0.15, -0.1) is 0 Å². The van der Waals surface area contributed by atoms with Gasteiger partial charge in [-0.25, -0.2) is 0 Å². The van der Waals surface area contributed by atoms with Crippen molar-refractivity contribution >= 4 is 5.69 Å². The Kier molecular flexibility index (Phi) is 3.33. The Bertz CT molecular complexity index is 489. The zero-order valence-electron chi connectivity index (χ0n) is 11.0. The van der Waals surface area contributed by atoms with Crippen LogP contribution in [-0.2, 0) is 0 Å². The Hall–Kier alpha value is -1.89. The minimum Gasteiger partial charge on any atom is -0.486 e. The Balaban J connectivity index is 2.16. The fourth-order valence-corrected chi connectivity index (χ4v) is 1.74. The summed E-state index contributed by atoms with van der Waals surface area (Å²) in [6.45, 7) is 7.62. The zero-order valence-corrected chi connectivity index (χ0v) is 11.0. The molecule has 0 unspecified atom stereocenters. The topological polar surface area (TPSA) is 54.3 Å². The van der Waals surface area contributed by atoms with Crippen LogP contribution in [0.5, 0.6) is 11.5 Å². The molecule has 1 heterocycles. The van der Waals surface area contributed by atoms with E-state index < -0.39 is 0 Å². The highest BCUT2D eigenvalue weighted by molar-refractivity contribution is 5.60. The van der Waals surface area contributed by atoms with Gasteiger partial charge in [-0.05, 0) is 32.4 Å². The quantitative estimate of drug-likeness (QED) is 0.891. The van der Waals surface area contributed by atoms with Crippen LogP contribution in [0.4, 0.5) is 5.69 Å². The van der Waals surface area contributed by atoms with Crippen molar-refractivity contribution in [3.8, 4) is 17.6 Å². The van der Waals surface area contributed by atoms with Crippen LogP contribution in [0.2, 0.25) is 0 Å². The average molecular weight is 246 g/mol. The smallest absolute Gasteiger partial charge is 0.163 e. The van der Waals surface area contributed by atoms with Crippen molar-refractivity contribution in [3.63, 3.8) is 0 Å². The molecule has 0 saturated heterocycles. The highest BCUT2D eigenvalue weighted by Gasteiger charge is 2.18. The summed E-state index contributed by atoms with van der Waals surface area (Å²) in [5, 5.41) is 12.3. The molecule has 1 N–H and O–H groups in total. The lowest BCUT2D eigenvalue weighted by Crippen LogP contribution is -2.22. The molecule has 0 fully saturated rings. The SMILES string of the molecule is Cc1cc2c(cc1NCC(C)(C)C#N)OCCO2. The molecule has 4 nitrogen and oxygen atoms in total. The molecule has 0 amide bonds. The molecule has 1 aromatic rings. The third-order valence-corrected chi connectivity index (χ3v) is 2.91. The molecule has 96 valence electrons. The second-order valence-corrected chi connectivity index (χ2v) is 5.16. The van der Waals surface area contributed by atoms with E-state index in [1.807, 2.05) is 32.9 Å². The van der Waals surface area contributed by atoms with E-state index in [1.54, 1.807) is 0 Å². The minimum absolute atomic E-state index is 0.389. The number of ether oxygens (including phenoxy) is 2. The molecule has 0 bridgehead atoms. The van der Waals surface area contributed by atoms with E-state index in [1.165, 1.54) is 0 Å². The number of hydrogen-bond acceptors (Lipinski definition) is 4. The van der Waals surface area contributed by atoms with Crippen LogP contribution in [-0.4, -0.2) is 19.8 Å². The van der Waals surface area contributed by atoms with Crippen molar-refractivity contribution in [1.82, 2.24) is 0 Å². The second-order valence-electron chi connectivity index (χ2n) is 5.16. The predicted molar refractivity (Wildman–Crippen MR) is 70.1 cm³/mol. The van der Waals surface area contributed by atoms with Gasteiger partial charge in [0, 0.05) is 18.3 Å². The summed E-state index contributed by atoms with van der Waals surface area (Å²) in [6, 6.07) is 6.19. The van der Waals surface area contributed by atoms with Gasteiger partial charge < -0.3 is 14.8 Å². The summed E-state index contributed by atoms with van der Waals surface area (Å²) in [7, 11) is 0. The van der Waals surface area contributed by atoms with Crippen LogP contribution in [0.25, 0.3) is 0 Å². The Morgan fingerprint density at radius 1 is 1.28 bits per heavy atom. The van der Waals surface area contributed by atoms with Crippen molar-refractivity contribution in [2.24, 2.45) is 5.41 Å². The minimum atomic E-state index is -0.389. The molecule has 4 heteroatoms. The van der Waals surface area contributed by atoms with Crippen molar-refractivity contribution in [2.45, 2.75) is 20.8 Å². The highest BCUT2D eigenvalue weighted by atomic mass is 16.6. The first-order chi connectivity index (χ1) is 8.52. The normalized spacial score (nSPS) is 13.9. The van der Waals surface area contributed by atoms with Gasteiger partial charge in [0.1, 0.15) is 13.2 Å². The lowest BCUT2D eigenvalue weighted by Gasteiger charge is -2.22. The number of nitrogens with one attached hydrogen (secondary N) is 1. The van der Waals surface area contributed by atoms with E-state index in [2.05, 4.69) is 11.4 Å². The molecule has 1 aliphatic rings. The molecule has 2 rings (SSSR count). The lowest BCUT2D eigenvalue weighted by molar-refractivity contribution is 0.171. The first-order valence-corrected chi connectivity index (χ1v) is 6.07. The monoisotopic (exact) mass is 246 g/mol. The fraction of sp³-hybridized carbons (Fsp3) is 0.500. The molecule has 1 aromatic carbocycles. The maximum atomic E-state index is 9.00. The molecule has 0 radical (unpaired) electrons. The summed E-state index contributed by atoms with van der Waals surface area (Å²) in [4.78, 5) is 0. The number of hydrogen-bond donors (Lipinski definition) is 1. The number of nitrogens with zero attached hydrogens (tertiary/aromatic N) is 1. The number of fused-ring (bicyclic) bond motifs is 1. The van der Waals surface area contributed by atoms with Crippen molar-refractivity contribution in [1.29, 1.82) is 5.26 Å². The van der Waals surface area contributed by atoms with Gasteiger partial charge in [0.15, 0.2) is 11.5 Å². The zero-order chi connectivity index (χ0) is 13.2. The number of aryl methyl sites for hydroxylation is 1. The molecule has 0 aliphatic carbocycles. The lowest BCUT2D eigenvalue weighted by atomic mass is 9.96. The standard InChI is InChI=1S/C14H18N2O2/c1-10-6-12-13(18-5-4-17-12)7-11(10)16-9-14(2,3)8-15/h6-7,16H,4-5,9H2,1-3H3. The van der Waals surface area contributed by atoms with Crippen molar-refractivity contribution in [3.05, 3.63) is 17.7 Å². The summed E-state index contributed by atoms with van der Waals surface area (Å²) in [5.41, 5.74) is 1.69. The molecule has 0 spiro atoms. The molecule has 0 atom stereocenters. The van der Waals surface area contributed by atoms with Crippen LogP contribution >= 0.6 is 0 Å². The summed E-state index contributed by atoms with van der Waals surface area (Å²) < 4.78 is 11.1. The molecule has 1 aliphatic heterocycles. The van der Waals surface area contributed by atoms with E-state index in [-0.39, 0.29) is 5.41 Å². The fourth-order valence-electron chi connectivity index (χ4n) is 1.74. The number of benzene rings is 1. The second kappa shape index (κ2) is 4.77. The Morgan fingerprint density at radius 3 is 2.50 bits per heavy atom. The van der Waals surface area contributed by atoms with Crippen molar-refractivity contribution < 1.29 is 9.47 Å². The van der Waals surface area contributed by atoms with E-state index in [0.717, 1.165) is 22.7 Å². The van der Waals surface area contributed by atoms with Gasteiger partial charge in [0.05, 0.1) is 11.5 Å². The van der Waals surface area contributed by atoms with Crippen LogP contribution in [0.1, 0.15) is 19.4 Å². The van der Waals surface area contributed by atoms with E-state index in [4.69, 9.17) is 14.7 Å². The molecule has 18 heavy (non-hydrogen) atoms. The summed E-state index contributed by atoms with van der Waals surface area (Å²) >= 11 is 0. The third-order valence-electron chi connectivity index (χ3n) is 2.91. The van der Waals surface area contributed by atoms with Gasteiger partial charge in [-0.2, -0.15) is 5.26 Å². The summed E-state index contributed by atoms with van der Waals surface area (Å²) in [6.07, 6.45) is 0. The molecule has 0 aromatic heterocycles. The van der Waals surface area contributed by atoms with E-state index >= 15 is 0 Å². The first kappa shape index (κ1) is 12.6. The maximum Gasteiger partial charge on any atom is 0.163 e. The Morgan fingerprint density at radius 2 is 1.89 bits per heavy atom. The van der Waals surface area contributed by atoms with Gasteiger partial charge in [-0.1, -0.05) is 0 Å². The van der Waals surface area contributed by atoms with Gasteiger partial charge in [0.25, 0.3) is 0 Å². The largest absolute Gasteiger partial charge is 0.486 e. The highest BCUT2D eigenvalue weighted by Crippen LogP contribution is 2.35. The first-order valence-electron chi connectivity index (χ1n) is 6.07. The van der Waals surface area contributed by atoms with Crippen LogP contribution in [0.3, 0.4) is 0 Å². The number of nitriles is 1. The van der Waals surface area contributed by atoms with Gasteiger partial charge in [-0.3, -0.25) is 0 Å². The van der Waals surface area contributed by atoms with Crippen LogP contribution in [0.15, 0.2) is 12.1 Å². The summed E-state index contributed by atoms with van der Waals surface area (Å²) in [5.74, 6) is 1.56. The molecule has 0 saturated carbocycles. The van der Waals surface area contributed by atoms with E-state index in [9.17, 15) is 0 Å². The average Bonchev–Trinajstić information content (AvgIpc) is 2.36.